The first-order chi connectivity index (χ1) is 9.60. The monoisotopic (exact) mass is 277 g/mol. The quantitative estimate of drug-likeness (QED) is 0.738. The predicted octanol–water partition coefficient (Wildman–Crippen LogP) is 2.06. The van der Waals surface area contributed by atoms with Gasteiger partial charge in [-0.3, -0.25) is 4.98 Å². The van der Waals surface area contributed by atoms with Crippen molar-refractivity contribution in [2.45, 2.75) is 39.5 Å². The van der Waals surface area contributed by atoms with Gasteiger partial charge in [0.2, 0.25) is 5.95 Å². The Morgan fingerprint density at radius 2 is 1.85 bits per heavy atom. The molecule has 0 saturated carbocycles. The summed E-state index contributed by atoms with van der Waals surface area (Å²) in [5, 5.41) is 8.29. The second-order valence-electron chi connectivity index (χ2n) is 4.58. The van der Waals surface area contributed by atoms with Crippen LogP contribution in [0.1, 0.15) is 38.2 Å². The van der Waals surface area contributed by atoms with Gasteiger partial charge in [-0.25, -0.2) is 4.98 Å². The first kappa shape index (κ1) is 16.1. The van der Waals surface area contributed by atoms with E-state index in [1.807, 2.05) is 13.0 Å². The molecule has 0 aliphatic heterocycles. The van der Waals surface area contributed by atoms with Crippen LogP contribution in [0.3, 0.4) is 0 Å². The molecule has 0 spiro atoms. The highest BCUT2D eigenvalue weighted by Crippen LogP contribution is 2.18. The number of aliphatic hydroxyl groups is 1. The molecule has 6 nitrogen and oxygen atoms in total. The number of fused-ring (bicyclic) bond motifs is 1. The Morgan fingerprint density at radius 3 is 2.50 bits per heavy atom. The number of aromatic nitrogens is 3. The number of hydrogen-bond donors (Lipinski definition) is 3. The van der Waals surface area contributed by atoms with Crippen molar-refractivity contribution in [3.63, 3.8) is 0 Å². The van der Waals surface area contributed by atoms with Crippen molar-refractivity contribution in [2.24, 2.45) is 0 Å². The van der Waals surface area contributed by atoms with Crippen LogP contribution in [-0.4, -0.2) is 26.7 Å². The molecule has 0 radical (unpaired) electrons. The zero-order valence-electron chi connectivity index (χ0n) is 12.1. The van der Waals surface area contributed by atoms with E-state index in [9.17, 15) is 0 Å². The minimum Gasteiger partial charge on any atom is -0.396 e. The van der Waals surface area contributed by atoms with Gasteiger partial charge in [-0.05, 0) is 25.0 Å². The maximum Gasteiger partial charge on any atom is 0.222 e. The lowest BCUT2D eigenvalue weighted by molar-refractivity contribution is 0.283. The predicted molar refractivity (Wildman–Crippen MR) is 82.1 cm³/mol. The summed E-state index contributed by atoms with van der Waals surface area (Å²) >= 11 is 0. The third-order valence-electron chi connectivity index (χ3n) is 2.84. The van der Waals surface area contributed by atoms with E-state index in [1.54, 1.807) is 6.20 Å². The molecule has 20 heavy (non-hydrogen) atoms. The summed E-state index contributed by atoms with van der Waals surface area (Å²) in [6, 6.07) is 1.86. The molecular formula is C14H23N5O. The van der Waals surface area contributed by atoms with E-state index in [0.29, 0.717) is 23.5 Å². The van der Waals surface area contributed by atoms with Gasteiger partial charge in [0.15, 0.2) is 5.82 Å². The Labute approximate surface area is 119 Å². The average Bonchev–Trinajstić information content (AvgIpc) is 2.41. The fourth-order valence-corrected chi connectivity index (χ4v) is 1.73. The fraction of sp³-hybridized carbons (Fsp3) is 0.500. The lowest BCUT2D eigenvalue weighted by atomic mass is 10.2. The first-order valence-corrected chi connectivity index (χ1v) is 6.85. The maximum atomic E-state index is 8.29. The van der Waals surface area contributed by atoms with Gasteiger partial charge in [-0.15, -0.1) is 0 Å². The van der Waals surface area contributed by atoms with Crippen LogP contribution in [0.5, 0.6) is 0 Å². The largest absolute Gasteiger partial charge is 0.396 e. The summed E-state index contributed by atoms with van der Waals surface area (Å²) in [6.07, 6.45) is 6.36. The zero-order chi connectivity index (χ0) is 15.0. The SMILES string of the molecule is CCCCCCO.Cc1ccnc2c(N)nc(N)nc12. The molecule has 0 unspecified atom stereocenters. The highest BCUT2D eigenvalue weighted by atomic mass is 16.2. The highest BCUT2D eigenvalue weighted by molar-refractivity contribution is 5.86. The molecule has 0 amide bonds. The van der Waals surface area contributed by atoms with E-state index >= 15 is 0 Å². The number of hydrogen-bond acceptors (Lipinski definition) is 6. The number of aliphatic hydroxyl groups excluding tert-OH is 1. The summed E-state index contributed by atoms with van der Waals surface area (Å²) in [7, 11) is 0. The highest BCUT2D eigenvalue weighted by Gasteiger charge is 2.05. The van der Waals surface area contributed by atoms with Gasteiger partial charge in [-0.1, -0.05) is 26.2 Å². The lowest BCUT2D eigenvalue weighted by Crippen LogP contribution is -2.02. The third kappa shape index (κ3) is 4.62. The zero-order valence-corrected chi connectivity index (χ0v) is 12.1. The maximum absolute atomic E-state index is 8.29. The molecule has 0 aromatic carbocycles. The molecule has 5 N–H and O–H groups in total. The Kier molecular flexibility index (Phi) is 6.66. The Morgan fingerprint density at radius 1 is 1.10 bits per heavy atom. The average molecular weight is 277 g/mol. The van der Waals surface area contributed by atoms with E-state index < -0.39 is 0 Å². The first-order valence-electron chi connectivity index (χ1n) is 6.85. The van der Waals surface area contributed by atoms with Crippen molar-refractivity contribution in [1.82, 2.24) is 15.0 Å². The molecular weight excluding hydrogens is 254 g/mol. The fourth-order valence-electron chi connectivity index (χ4n) is 1.73. The number of aryl methyl sites for hydroxylation is 1. The molecule has 0 aliphatic carbocycles. The van der Waals surface area contributed by atoms with Crippen LogP contribution in [0.4, 0.5) is 11.8 Å². The van der Waals surface area contributed by atoms with Crippen LogP contribution < -0.4 is 11.5 Å². The summed E-state index contributed by atoms with van der Waals surface area (Å²) in [4.78, 5) is 12.0. The molecule has 110 valence electrons. The van der Waals surface area contributed by atoms with Crippen LogP contribution >= 0.6 is 0 Å². The Bertz CT molecular complexity index is 540. The van der Waals surface area contributed by atoms with Crippen molar-refractivity contribution in [3.8, 4) is 0 Å². The second kappa shape index (κ2) is 8.27. The van der Waals surface area contributed by atoms with Crippen LogP contribution in [0.2, 0.25) is 0 Å². The van der Waals surface area contributed by atoms with Crippen LogP contribution in [0, 0.1) is 6.92 Å². The summed E-state index contributed by atoms with van der Waals surface area (Å²) < 4.78 is 0. The number of pyridine rings is 1. The molecule has 2 heterocycles. The summed E-state index contributed by atoms with van der Waals surface area (Å²) in [5.74, 6) is 0.507. The minimum atomic E-state index is 0.182. The van der Waals surface area contributed by atoms with Gasteiger partial charge in [-0.2, -0.15) is 4.98 Å². The second-order valence-corrected chi connectivity index (χ2v) is 4.58. The van der Waals surface area contributed by atoms with Gasteiger partial charge in [0, 0.05) is 12.8 Å². The molecule has 0 aliphatic rings. The van der Waals surface area contributed by atoms with Gasteiger partial charge in [0.1, 0.15) is 5.52 Å². The number of nitrogens with zero attached hydrogens (tertiary/aromatic N) is 3. The van der Waals surface area contributed by atoms with Gasteiger partial charge >= 0.3 is 0 Å². The number of unbranched alkanes of at least 4 members (excludes halogenated alkanes) is 3. The van der Waals surface area contributed by atoms with Gasteiger partial charge in [0.05, 0.1) is 5.52 Å². The lowest BCUT2D eigenvalue weighted by Gasteiger charge is -2.02. The topological polar surface area (TPSA) is 111 Å². The number of rotatable bonds is 4. The van der Waals surface area contributed by atoms with Crippen LogP contribution in [0.15, 0.2) is 12.3 Å². The van der Waals surface area contributed by atoms with Crippen molar-refractivity contribution in [3.05, 3.63) is 17.8 Å². The normalized spacial score (nSPS) is 10.2. The molecule has 2 aromatic heterocycles. The van der Waals surface area contributed by atoms with Crippen molar-refractivity contribution >= 4 is 22.8 Å². The van der Waals surface area contributed by atoms with E-state index in [-0.39, 0.29) is 5.95 Å². The third-order valence-corrected chi connectivity index (χ3v) is 2.84. The van der Waals surface area contributed by atoms with Crippen molar-refractivity contribution < 1.29 is 5.11 Å². The van der Waals surface area contributed by atoms with Crippen LogP contribution in [-0.2, 0) is 0 Å². The number of nitrogen functional groups attached to an aromatic ring is 2. The van der Waals surface area contributed by atoms with E-state index in [0.717, 1.165) is 12.0 Å². The van der Waals surface area contributed by atoms with Gasteiger partial charge < -0.3 is 16.6 Å². The van der Waals surface area contributed by atoms with Crippen molar-refractivity contribution in [1.29, 1.82) is 0 Å². The van der Waals surface area contributed by atoms with E-state index in [2.05, 4.69) is 21.9 Å². The van der Waals surface area contributed by atoms with E-state index in [4.69, 9.17) is 16.6 Å². The molecule has 0 fully saturated rings. The summed E-state index contributed by atoms with van der Waals surface area (Å²) in [5.41, 5.74) is 13.4. The molecule has 2 rings (SSSR count). The number of nitrogens with two attached hydrogens (primary N) is 2. The molecule has 0 atom stereocenters. The molecule has 0 bridgehead atoms. The Hall–Kier alpha value is -1.95. The molecule has 0 saturated heterocycles. The van der Waals surface area contributed by atoms with E-state index in [1.165, 1.54) is 19.3 Å². The summed E-state index contributed by atoms with van der Waals surface area (Å²) in [6.45, 7) is 4.45. The van der Waals surface area contributed by atoms with Crippen molar-refractivity contribution in [2.75, 3.05) is 18.1 Å². The Balaban J connectivity index is 0.000000246. The van der Waals surface area contributed by atoms with Gasteiger partial charge in [0.25, 0.3) is 0 Å². The van der Waals surface area contributed by atoms with Crippen LogP contribution in [0.25, 0.3) is 11.0 Å². The minimum absolute atomic E-state index is 0.182. The number of anilines is 2. The molecule has 6 heteroatoms. The standard InChI is InChI=1S/C8H9N5.C6H14O/c1-4-2-3-11-6-5(4)12-8(10)13-7(6)9;1-2-3-4-5-6-7/h2-3H,1H3,(H4,9,10,12,13);7H,2-6H2,1H3. The molecule has 2 aromatic rings. The smallest absolute Gasteiger partial charge is 0.222 e.